The number of aromatic nitrogens is 1. The van der Waals surface area contributed by atoms with Crippen LogP contribution in [0, 0.1) is 6.92 Å². The molecule has 4 nitrogen and oxygen atoms in total. The van der Waals surface area contributed by atoms with E-state index >= 15 is 0 Å². The minimum absolute atomic E-state index is 0.235. The van der Waals surface area contributed by atoms with E-state index < -0.39 is 0 Å². The number of thiophene rings is 1. The van der Waals surface area contributed by atoms with Crippen LogP contribution in [0.5, 0.6) is 0 Å². The number of hydrogen-bond acceptors (Lipinski definition) is 4. The minimum atomic E-state index is -0.235. The summed E-state index contributed by atoms with van der Waals surface area (Å²) in [7, 11) is 0. The number of nitrogens with zero attached hydrogens (tertiary/aromatic N) is 1. The summed E-state index contributed by atoms with van der Waals surface area (Å²) in [5.74, 6) is -0.235. The number of hydrogen-bond donors (Lipinski definition) is 2. The summed E-state index contributed by atoms with van der Waals surface area (Å²) in [6.07, 6.45) is 3.30. The molecule has 2 aromatic heterocycles. The van der Waals surface area contributed by atoms with Gasteiger partial charge in [0.15, 0.2) is 0 Å². The zero-order valence-electron chi connectivity index (χ0n) is 11.2. The van der Waals surface area contributed by atoms with Gasteiger partial charge in [-0.2, -0.15) is 0 Å². The highest BCUT2D eigenvalue weighted by atomic mass is 35.5. The monoisotopic (exact) mass is 317 g/mol. The van der Waals surface area contributed by atoms with Gasteiger partial charge in [-0.05, 0) is 36.8 Å². The number of fused-ring (bicyclic) bond motifs is 1. The third-order valence-electron chi connectivity index (χ3n) is 3.18. The highest BCUT2D eigenvalue weighted by molar-refractivity contribution is 7.21. The second kappa shape index (κ2) is 5.35. The number of rotatable bonds is 2. The lowest BCUT2D eigenvalue weighted by Gasteiger charge is -2.06. The fourth-order valence-corrected chi connectivity index (χ4v) is 3.20. The van der Waals surface area contributed by atoms with Crippen molar-refractivity contribution in [1.82, 2.24) is 4.98 Å². The summed E-state index contributed by atoms with van der Waals surface area (Å²) >= 11 is 7.32. The molecule has 2 heterocycles. The number of halogens is 1. The maximum absolute atomic E-state index is 12.4. The molecule has 1 amide bonds. The lowest BCUT2D eigenvalue weighted by Crippen LogP contribution is -2.13. The lowest BCUT2D eigenvalue weighted by atomic mass is 10.2. The number of benzene rings is 1. The summed E-state index contributed by atoms with van der Waals surface area (Å²) < 4.78 is 0.935. The molecule has 0 aliphatic rings. The molecule has 0 aliphatic carbocycles. The van der Waals surface area contributed by atoms with Gasteiger partial charge in [0.05, 0.1) is 17.6 Å². The van der Waals surface area contributed by atoms with Crippen molar-refractivity contribution in [1.29, 1.82) is 0 Å². The van der Waals surface area contributed by atoms with Crippen molar-refractivity contribution >= 4 is 50.3 Å². The average molecular weight is 318 g/mol. The number of carbonyl (C=O) groups is 1. The van der Waals surface area contributed by atoms with Gasteiger partial charge < -0.3 is 11.1 Å². The minimum Gasteiger partial charge on any atom is -0.397 e. The number of nitrogen functional groups attached to an aromatic ring is 1. The van der Waals surface area contributed by atoms with Crippen LogP contribution in [0.3, 0.4) is 0 Å². The Morgan fingerprint density at radius 2 is 2.19 bits per heavy atom. The Bertz CT molecular complexity index is 844. The van der Waals surface area contributed by atoms with Crippen LogP contribution >= 0.6 is 22.9 Å². The van der Waals surface area contributed by atoms with E-state index in [0.717, 1.165) is 15.6 Å². The second-order valence-corrected chi connectivity index (χ2v) is 6.12. The molecule has 0 fully saturated rings. The lowest BCUT2D eigenvalue weighted by molar-refractivity contribution is 0.103. The number of nitrogens with one attached hydrogen (secondary N) is 1. The summed E-state index contributed by atoms with van der Waals surface area (Å²) in [6, 6.07) is 7.26. The first kappa shape index (κ1) is 13.9. The highest BCUT2D eigenvalue weighted by Gasteiger charge is 2.17. The summed E-state index contributed by atoms with van der Waals surface area (Å²) in [5.41, 5.74) is 8.15. The number of amides is 1. The number of pyridine rings is 1. The standard InChI is InChI=1S/C15H12ClN3OS/c1-8-4-5-18-7-11(8)19-15(20)14-13(17)10-6-9(16)2-3-12(10)21-14/h2-7H,17H2,1H3,(H,19,20). The van der Waals surface area contributed by atoms with Gasteiger partial charge >= 0.3 is 0 Å². The first-order valence-electron chi connectivity index (χ1n) is 6.26. The average Bonchev–Trinajstić information content (AvgIpc) is 2.79. The SMILES string of the molecule is Cc1ccncc1NC(=O)c1sc2ccc(Cl)cc2c1N. The van der Waals surface area contributed by atoms with E-state index in [2.05, 4.69) is 10.3 Å². The van der Waals surface area contributed by atoms with Crippen LogP contribution in [0.4, 0.5) is 11.4 Å². The second-order valence-electron chi connectivity index (χ2n) is 4.63. The molecule has 21 heavy (non-hydrogen) atoms. The summed E-state index contributed by atoms with van der Waals surface area (Å²) in [5, 5.41) is 4.24. The molecule has 0 spiro atoms. The van der Waals surface area contributed by atoms with Gasteiger partial charge in [0.1, 0.15) is 4.88 Å². The number of carbonyl (C=O) groups excluding carboxylic acids is 1. The Morgan fingerprint density at radius 1 is 1.38 bits per heavy atom. The topological polar surface area (TPSA) is 68.0 Å². The quantitative estimate of drug-likeness (QED) is 0.748. The Balaban J connectivity index is 1.99. The molecule has 106 valence electrons. The Hall–Kier alpha value is -2.11. The summed E-state index contributed by atoms with van der Waals surface area (Å²) in [6.45, 7) is 1.91. The zero-order chi connectivity index (χ0) is 15.0. The fraction of sp³-hybridized carbons (Fsp3) is 0.0667. The Labute approximate surface area is 130 Å². The summed E-state index contributed by atoms with van der Waals surface area (Å²) in [4.78, 5) is 16.9. The molecule has 0 unspecified atom stereocenters. The van der Waals surface area contributed by atoms with Gasteiger partial charge in [-0.25, -0.2) is 0 Å². The molecule has 3 N–H and O–H groups in total. The van der Waals surface area contributed by atoms with Crippen molar-refractivity contribution in [2.24, 2.45) is 0 Å². The predicted octanol–water partition coefficient (Wildman–Crippen LogP) is 4.09. The highest BCUT2D eigenvalue weighted by Crippen LogP contribution is 2.35. The van der Waals surface area contributed by atoms with Gasteiger partial charge in [0, 0.05) is 21.3 Å². The Morgan fingerprint density at radius 3 is 2.95 bits per heavy atom. The zero-order valence-corrected chi connectivity index (χ0v) is 12.8. The molecule has 0 radical (unpaired) electrons. The van der Waals surface area contributed by atoms with Gasteiger partial charge in [0.2, 0.25) is 0 Å². The van der Waals surface area contributed by atoms with Crippen molar-refractivity contribution in [3.8, 4) is 0 Å². The maximum Gasteiger partial charge on any atom is 0.267 e. The van der Waals surface area contributed by atoms with Crippen molar-refractivity contribution < 1.29 is 4.79 Å². The molecule has 6 heteroatoms. The largest absolute Gasteiger partial charge is 0.397 e. The van der Waals surface area contributed by atoms with E-state index in [1.165, 1.54) is 11.3 Å². The molecule has 0 bridgehead atoms. The van der Waals surface area contributed by atoms with Gasteiger partial charge in [-0.1, -0.05) is 11.6 Å². The fourth-order valence-electron chi connectivity index (χ4n) is 2.03. The molecule has 0 aliphatic heterocycles. The van der Waals surface area contributed by atoms with Crippen molar-refractivity contribution in [3.63, 3.8) is 0 Å². The van der Waals surface area contributed by atoms with Crippen LogP contribution in [-0.2, 0) is 0 Å². The van der Waals surface area contributed by atoms with Gasteiger partial charge in [-0.15, -0.1) is 11.3 Å². The van der Waals surface area contributed by atoms with Crippen molar-refractivity contribution in [3.05, 3.63) is 52.1 Å². The number of aryl methyl sites for hydroxylation is 1. The van der Waals surface area contributed by atoms with E-state index in [1.807, 2.05) is 19.1 Å². The molecule has 0 saturated heterocycles. The van der Waals surface area contributed by atoms with Crippen LogP contribution in [0.1, 0.15) is 15.2 Å². The maximum atomic E-state index is 12.4. The van der Waals surface area contributed by atoms with E-state index in [0.29, 0.717) is 21.3 Å². The third-order valence-corrected chi connectivity index (χ3v) is 4.60. The molecule has 0 saturated carbocycles. The van der Waals surface area contributed by atoms with Crippen LogP contribution < -0.4 is 11.1 Å². The van der Waals surface area contributed by atoms with Crippen LogP contribution in [0.2, 0.25) is 5.02 Å². The molecule has 3 rings (SSSR count). The van der Waals surface area contributed by atoms with E-state index in [-0.39, 0.29) is 5.91 Å². The van der Waals surface area contributed by atoms with Crippen LogP contribution in [-0.4, -0.2) is 10.9 Å². The van der Waals surface area contributed by atoms with E-state index in [9.17, 15) is 4.79 Å². The predicted molar refractivity (Wildman–Crippen MR) is 88.2 cm³/mol. The number of nitrogens with two attached hydrogens (primary N) is 1. The third kappa shape index (κ3) is 2.57. The molecular weight excluding hydrogens is 306 g/mol. The number of anilines is 2. The van der Waals surface area contributed by atoms with E-state index in [1.54, 1.807) is 24.5 Å². The van der Waals surface area contributed by atoms with Crippen molar-refractivity contribution in [2.45, 2.75) is 6.92 Å². The van der Waals surface area contributed by atoms with Crippen LogP contribution in [0.25, 0.3) is 10.1 Å². The van der Waals surface area contributed by atoms with Gasteiger partial charge in [-0.3, -0.25) is 9.78 Å². The Kier molecular flexibility index (Phi) is 3.53. The first-order valence-corrected chi connectivity index (χ1v) is 7.45. The molecular formula is C15H12ClN3OS. The molecule has 1 aromatic carbocycles. The van der Waals surface area contributed by atoms with Gasteiger partial charge in [0.25, 0.3) is 5.91 Å². The first-order chi connectivity index (χ1) is 10.1. The van der Waals surface area contributed by atoms with Crippen LogP contribution in [0.15, 0.2) is 36.7 Å². The molecule has 0 atom stereocenters. The smallest absolute Gasteiger partial charge is 0.267 e. The van der Waals surface area contributed by atoms with E-state index in [4.69, 9.17) is 17.3 Å². The van der Waals surface area contributed by atoms with Crippen molar-refractivity contribution in [2.75, 3.05) is 11.1 Å². The normalized spacial score (nSPS) is 10.8. The molecule has 3 aromatic rings.